The smallest absolute Gasteiger partial charge is 0.152 e. The minimum absolute atomic E-state index is 0.0814. The minimum atomic E-state index is 0.0814. The summed E-state index contributed by atoms with van der Waals surface area (Å²) < 4.78 is 0. The highest BCUT2D eigenvalue weighted by atomic mass is 16.1. The first-order valence-corrected chi connectivity index (χ1v) is 4.88. The molecule has 0 saturated heterocycles. The highest BCUT2D eigenvalue weighted by Gasteiger charge is 1.96. The number of benzene rings is 1. The molecule has 0 saturated carbocycles. The van der Waals surface area contributed by atoms with Gasteiger partial charge in [-0.05, 0) is 30.0 Å². The number of carbonyl (C=O) groups excluding carboxylic acids is 1. The predicted molar refractivity (Wildman–Crippen MR) is 60.2 cm³/mol. The molecule has 1 heteroatoms. The van der Waals surface area contributed by atoms with Gasteiger partial charge in [-0.3, -0.25) is 4.79 Å². The summed E-state index contributed by atoms with van der Waals surface area (Å²) in [6.07, 6.45) is 3.43. The maximum absolute atomic E-state index is 10.7. The summed E-state index contributed by atoms with van der Waals surface area (Å²) in [6.45, 7) is 5.89. The second-order valence-electron chi connectivity index (χ2n) is 3.77. The molecule has 1 aromatic rings. The quantitative estimate of drug-likeness (QED) is 0.664. The van der Waals surface area contributed by atoms with Crippen molar-refractivity contribution in [1.29, 1.82) is 0 Å². The third kappa shape index (κ3) is 3.17. The number of carbonyl (C=O) groups is 1. The van der Waals surface area contributed by atoms with Crippen molar-refractivity contribution in [2.45, 2.75) is 26.7 Å². The summed E-state index contributed by atoms with van der Waals surface area (Å²) in [5.41, 5.74) is 2.40. The predicted octanol–water partition coefficient (Wildman–Crippen LogP) is 3.41. The van der Waals surface area contributed by atoms with Crippen LogP contribution in [0.25, 0.3) is 6.08 Å². The zero-order valence-electron chi connectivity index (χ0n) is 8.95. The van der Waals surface area contributed by atoms with E-state index in [0.717, 1.165) is 5.56 Å². The van der Waals surface area contributed by atoms with Crippen LogP contribution in [0.1, 0.15) is 37.8 Å². The van der Waals surface area contributed by atoms with Gasteiger partial charge in [-0.15, -0.1) is 0 Å². The maximum Gasteiger partial charge on any atom is 0.152 e. The fourth-order valence-corrected chi connectivity index (χ4v) is 1.21. The summed E-state index contributed by atoms with van der Waals surface area (Å²) in [5, 5.41) is 0. The molecule has 0 spiro atoms. The lowest BCUT2D eigenvalue weighted by Crippen LogP contribution is -1.86. The van der Waals surface area contributed by atoms with Gasteiger partial charge in [0.2, 0.25) is 0 Å². The zero-order chi connectivity index (χ0) is 10.6. The Morgan fingerprint density at radius 1 is 1.21 bits per heavy atom. The molecule has 1 nitrogen and oxygen atoms in total. The Hall–Kier alpha value is -1.37. The molecular weight excluding hydrogens is 172 g/mol. The fourth-order valence-electron chi connectivity index (χ4n) is 1.21. The van der Waals surface area contributed by atoms with Crippen molar-refractivity contribution in [2.75, 3.05) is 0 Å². The molecular formula is C13H16O. The zero-order valence-corrected chi connectivity index (χ0v) is 8.95. The van der Waals surface area contributed by atoms with Gasteiger partial charge in [0.15, 0.2) is 5.78 Å². The minimum Gasteiger partial charge on any atom is -0.295 e. The van der Waals surface area contributed by atoms with Crippen LogP contribution in [-0.2, 0) is 4.79 Å². The van der Waals surface area contributed by atoms with Gasteiger partial charge in [-0.1, -0.05) is 44.2 Å². The molecule has 0 unspecified atom stereocenters. The lowest BCUT2D eigenvalue weighted by Gasteiger charge is -2.04. The molecule has 0 atom stereocenters. The number of allylic oxidation sites excluding steroid dienone is 1. The van der Waals surface area contributed by atoms with E-state index in [0.29, 0.717) is 5.92 Å². The van der Waals surface area contributed by atoms with Gasteiger partial charge >= 0.3 is 0 Å². The lowest BCUT2D eigenvalue weighted by molar-refractivity contribution is -0.112. The third-order valence-corrected chi connectivity index (χ3v) is 2.11. The normalized spacial score (nSPS) is 11.1. The first-order valence-electron chi connectivity index (χ1n) is 4.88. The van der Waals surface area contributed by atoms with Crippen LogP contribution in [0, 0.1) is 0 Å². The Labute approximate surface area is 85.5 Å². The lowest BCUT2D eigenvalue weighted by atomic mass is 10.0. The summed E-state index contributed by atoms with van der Waals surface area (Å²) in [7, 11) is 0. The molecule has 74 valence electrons. The van der Waals surface area contributed by atoms with Crippen molar-refractivity contribution in [3.8, 4) is 0 Å². The number of ketones is 1. The van der Waals surface area contributed by atoms with Crippen molar-refractivity contribution >= 4 is 11.9 Å². The van der Waals surface area contributed by atoms with E-state index in [9.17, 15) is 4.79 Å². The van der Waals surface area contributed by atoms with Gasteiger partial charge in [0, 0.05) is 0 Å². The van der Waals surface area contributed by atoms with Gasteiger partial charge in [0.25, 0.3) is 0 Å². The Morgan fingerprint density at radius 2 is 1.79 bits per heavy atom. The maximum atomic E-state index is 10.7. The molecule has 0 amide bonds. The van der Waals surface area contributed by atoms with Crippen LogP contribution in [0.3, 0.4) is 0 Å². The second kappa shape index (κ2) is 4.75. The van der Waals surface area contributed by atoms with Crippen molar-refractivity contribution < 1.29 is 4.79 Å². The van der Waals surface area contributed by atoms with Crippen LogP contribution in [0.2, 0.25) is 0 Å². The van der Waals surface area contributed by atoms with Crippen molar-refractivity contribution in [2.24, 2.45) is 0 Å². The van der Waals surface area contributed by atoms with E-state index in [2.05, 4.69) is 26.0 Å². The second-order valence-corrected chi connectivity index (χ2v) is 3.77. The number of rotatable bonds is 3. The first-order chi connectivity index (χ1) is 6.59. The summed E-state index contributed by atoms with van der Waals surface area (Å²) in [5.74, 6) is 0.638. The molecule has 0 N–H and O–H groups in total. The van der Waals surface area contributed by atoms with E-state index in [1.54, 1.807) is 13.0 Å². The molecule has 0 aliphatic heterocycles. The molecule has 0 fully saturated rings. The van der Waals surface area contributed by atoms with Gasteiger partial charge in [-0.2, -0.15) is 0 Å². The third-order valence-electron chi connectivity index (χ3n) is 2.11. The van der Waals surface area contributed by atoms with Crippen LogP contribution in [0.5, 0.6) is 0 Å². The van der Waals surface area contributed by atoms with Gasteiger partial charge < -0.3 is 0 Å². The highest BCUT2D eigenvalue weighted by Crippen LogP contribution is 2.15. The summed E-state index contributed by atoms with van der Waals surface area (Å²) in [4.78, 5) is 10.7. The SMILES string of the molecule is CC(=O)/C=C\c1ccc(C(C)C)cc1. The summed E-state index contributed by atoms with van der Waals surface area (Å²) in [6, 6.07) is 8.28. The molecule has 1 aromatic carbocycles. The van der Waals surface area contributed by atoms with E-state index >= 15 is 0 Å². The Morgan fingerprint density at radius 3 is 2.21 bits per heavy atom. The van der Waals surface area contributed by atoms with Gasteiger partial charge in [0.05, 0.1) is 0 Å². The van der Waals surface area contributed by atoms with Crippen molar-refractivity contribution in [3.63, 3.8) is 0 Å². The molecule has 0 aliphatic rings. The van der Waals surface area contributed by atoms with Crippen LogP contribution >= 0.6 is 0 Å². The van der Waals surface area contributed by atoms with Crippen LogP contribution in [0.4, 0.5) is 0 Å². The van der Waals surface area contributed by atoms with E-state index in [1.807, 2.05) is 18.2 Å². The van der Waals surface area contributed by atoms with Crippen LogP contribution < -0.4 is 0 Å². The molecule has 0 aliphatic carbocycles. The molecule has 0 radical (unpaired) electrons. The average molecular weight is 188 g/mol. The van der Waals surface area contributed by atoms with E-state index < -0.39 is 0 Å². The van der Waals surface area contributed by atoms with Crippen molar-refractivity contribution in [1.82, 2.24) is 0 Å². The highest BCUT2D eigenvalue weighted by molar-refractivity contribution is 5.91. The Kier molecular flexibility index (Phi) is 3.63. The molecule has 0 heterocycles. The molecule has 0 aromatic heterocycles. The van der Waals surface area contributed by atoms with Gasteiger partial charge in [0.1, 0.15) is 0 Å². The molecule has 14 heavy (non-hydrogen) atoms. The van der Waals surface area contributed by atoms with Crippen LogP contribution in [0.15, 0.2) is 30.3 Å². The molecule has 1 rings (SSSR count). The first kappa shape index (κ1) is 10.7. The van der Waals surface area contributed by atoms with E-state index in [4.69, 9.17) is 0 Å². The van der Waals surface area contributed by atoms with E-state index in [-0.39, 0.29) is 5.78 Å². The van der Waals surface area contributed by atoms with Crippen molar-refractivity contribution in [3.05, 3.63) is 41.5 Å². The standard InChI is InChI=1S/C13H16O/c1-10(2)13-8-6-12(7-9-13)5-4-11(3)14/h4-10H,1-3H3/b5-4-. The van der Waals surface area contributed by atoms with Gasteiger partial charge in [-0.25, -0.2) is 0 Å². The number of hydrogen-bond donors (Lipinski definition) is 0. The topological polar surface area (TPSA) is 17.1 Å². The monoisotopic (exact) mass is 188 g/mol. The largest absolute Gasteiger partial charge is 0.295 e. The summed E-state index contributed by atoms with van der Waals surface area (Å²) >= 11 is 0. The van der Waals surface area contributed by atoms with E-state index in [1.165, 1.54) is 5.56 Å². The Balaban J connectivity index is 2.78. The average Bonchev–Trinajstić information content (AvgIpc) is 2.15. The van der Waals surface area contributed by atoms with Crippen LogP contribution in [-0.4, -0.2) is 5.78 Å². The molecule has 0 bridgehead atoms. The fraction of sp³-hybridized carbons (Fsp3) is 0.308. The Bertz CT molecular complexity index is 331. The number of hydrogen-bond acceptors (Lipinski definition) is 1.